The van der Waals surface area contributed by atoms with Crippen LogP contribution in [0.1, 0.15) is 31.2 Å². The molecule has 0 spiro atoms. The van der Waals surface area contributed by atoms with Crippen LogP contribution in [0.5, 0.6) is 0 Å². The summed E-state index contributed by atoms with van der Waals surface area (Å²) in [5, 5.41) is 3.16. The molecule has 3 atom stereocenters. The van der Waals surface area contributed by atoms with Gasteiger partial charge in [0.2, 0.25) is 5.91 Å². The van der Waals surface area contributed by atoms with E-state index in [4.69, 9.17) is 5.73 Å². The number of fused-ring (bicyclic) bond motifs is 1. The van der Waals surface area contributed by atoms with Crippen LogP contribution in [0.4, 0.5) is 0 Å². The molecule has 1 amide bonds. The lowest BCUT2D eigenvalue weighted by atomic mass is 9.97. The SMILES string of the molecule is N[C@@H](Cc1ccccc1)C(=O)NC1CCN2CCCC2C1. The van der Waals surface area contributed by atoms with Gasteiger partial charge >= 0.3 is 0 Å². The number of benzene rings is 1. The van der Waals surface area contributed by atoms with Crippen LogP contribution in [0.3, 0.4) is 0 Å². The third-order valence-electron chi connectivity index (χ3n) is 4.80. The molecule has 0 bridgehead atoms. The molecule has 2 saturated heterocycles. The molecule has 4 heteroatoms. The predicted octanol–water partition coefficient (Wildman–Crippen LogP) is 1.30. The summed E-state index contributed by atoms with van der Waals surface area (Å²) in [5.41, 5.74) is 7.17. The van der Waals surface area contributed by atoms with E-state index in [0.29, 0.717) is 18.5 Å². The summed E-state index contributed by atoms with van der Waals surface area (Å²) < 4.78 is 0. The molecule has 0 aromatic heterocycles. The lowest BCUT2D eigenvalue weighted by Crippen LogP contribution is -2.51. The monoisotopic (exact) mass is 287 g/mol. The highest BCUT2D eigenvalue weighted by atomic mass is 16.2. The number of carbonyl (C=O) groups is 1. The molecule has 21 heavy (non-hydrogen) atoms. The van der Waals surface area contributed by atoms with Crippen molar-refractivity contribution in [3.8, 4) is 0 Å². The fraction of sp³-hybridized carbons (Fsp3) is 0.588. The molecule has 1 aromatic carbocycles. The Morgan fingerprint density at radius 3 is 2.90 bits per heavy atom. The minimum Gasteiger partial charge on any atom is -0.352 e. The summed E-state index contributed by atoms with van der Waals surface area (Å²) in [6.45, 7) is 2.35. The molecule has 1 aromatic rings. The first-order valence-electron chi connectivity index (χ1n) is 8.06. The van der Waals surface area contributed by atoms with Gasteiger partial charge in [0.05, 0.1) is 6.04 Å². The van der Waals surface area contributed by atoms with E-state index in [2.05, 4.69) is 10.2 Å². The van der Waals surface area contributed by atoms with Crippen LogP contribution >= 0.6 is 0 Å². The van der Waals surface area contributed by atoms with E-state index in [1.165, 1.54) is 19.4 Å². The Kier molecular flexibility index (Phi) is 4.56. The molecule has 4 nitrogen and oxygen atoms in total. The zero-order valence-corrected chi connectivity index (χ0v) is 12.5. The molecule has 114 valence electrons. The minimum atomic E-state index is -0.450. The van der Waals surface area contributed by atoms with E-state index in [1.54, 1.807) is 0 Å². The Hall–Kier alpha value is -1.39. The lowest BCUT2D eigenvalue weighted by Gasteiger charge is -2.35. The maximum Gasteiger partial charge on any atom is 0.237 e. The Morgan fingerprint density at radius 1 is 1.29 bits per heavy atom. The summed E-state index contributed by atoms with van der Waals surface area (Å²) in [7, 11) is 0. The molecule has 2 aliphatic rings. The van der Waals surface area contributed by atoms with Crippen molar-refractivity contribution in [2.45, 2.75) is 50.2 Å². The maximum atomic E-state index is 12.3. The molecule has 0 radical (unpaired) electrons. The lowest BCUT2D eigenvalue weighted by molar-refractivity contribution is -0.123. The van der Waals surface area contributed by atoms with Crippen molar-refractivity contribution in [1.29, 1.82) is 0 Å². The van der Waals surface area contributed by atoms with Crippen LogP contribution in [0, 0.1) is 0 Å². The molecule has 2 aliphatic heterocycles. The van der Waals surface area contributed by atoms with Crippen molar-refractivity contribution < 1.29 is 4.79 Å². The zero-order valence-electron chi connectivity index (χ0n) is 12.5. The molecular formula is C17H25N3O. The third-order valence-corrected chi connectivity index (χ3v) is 4.80. The number of rotatable bonds is 4. The molecule has 2 unspecified atom stereocenters. The smallest absolute Gasteiger partial charge is 0.237 e. The Bertz CT molecular complexity index is 476. The van der Waals surface area contributed by atoms with Crippen molar-refractivity contribution in [2.75, 3.05) is 13.1 Å². The number of nitrogens with zero attached hydrogens (tertiary/aromatic N) is 1. The summed E-state index contributed by atoms with van der Waals surface area (Å²) in [4.78, 5) is 14.8. The van der Waals surface area contributed by atoms with E-state index >= 15 is 0 Å². The van der Waals surface area contributed by atoms with Gasteiger partial charge in [-0.25, -0.2) is 0 Å². The first-order chi connectivity index (χ1) is 10.2. The fourth-order valence-corrected chi connectivity index (χ4v) is 3.62. The molecule has 3 rings (SSSR count). The van der Waals surface area contributed by atoms with Gasteiger partial charge in [0, 0.05) is 18.6 Å². The summed E-state index contributed by atoms with van der Waals surface area (Å²) in [6.07, 6.45) is 5.33. The molecule has 0 saturated carbocycles. The first kappa shape index (κ1) is 14.5. The minimum absolute atomic E-state index is 0.00435. The highest BCUT2D eigenvalue weighted by molar-refractivity contribution is 5.82. The highest BCUT2D eigenvalue weighted by Gasteiger charge is 2.32. The van der Waals surface area contributed by atoms with E-state index in [1.807, 2.05) is 30.3 Å². The van der Waals surface area contributed by atoms with Gasteiger partial charge in [-0.2, -0.15) is 0 Å². The molecule has 2 fully saturated rings. The van der Waals surface area contributed by atoms with Crippen LogP contribution < -0.4 is 11.1 Å². The molecule has 2 heterocycles. The topological polar surface area (TPSA) is 58.4 Å². The van der Waals surface area contributed by atoms with Crippen molar-refractivity contribution >= 4 is 5.91 Å². The van der Waals surface area contributed by atoms with Crippen molar-refractivity contribution in [3.05, 3.63) is 35.9 Å². The number of hydrogen-bond donors (Lipinski definition) is 2. The van der Waals surface area contributed by atoms with Crippen LogP contribution in [0.2, 0.25) is 0 Å². The first-order valence-corrected chi connectivity index (χ1v) is 8.06. The standard InChI is InChI=1S/C17H25N3O/c18-16(11-13-5-2-1-3-6-13)17(21)19-14-8-10-20-9-4-7-15(20)12-14/h1-3,5-6,14-16H,4,7-12,18H2,(H,19,21)/t14?,15?,16-/m0/s1. The van der Waals surface area contributed by atoms with Gasteiger partial charge in [0.25, 0.3) is 0 Å². The van der Waals surface area contributed by atoms with E-state index in [0.717, 1.165) is 24.9 Å². The fourth-order valence-electron chi connectivity index (χ4n) is 3.62. The normalized spacial score (nSPS) is 27.1. The third kappa shape index (κ3) is 3.63. The van der Waals surface area contributed by atoms with Gasteiger partial charge in [-0.15, -0.1) is 0 Å². The van der Waals surface area contributed by atoms with Gasteiger partial charge in [0.1, 0.15) is 0 Å². The van der Waals surface area contributed by atoms with Gasteiger partial charge < -0.3 is 16.0 Å². The summed E-state index contributed by atoms with van der Waals surface area (Å²) >= 11 is 0. The van der Waals surface area contributed by atoms with Crippen molar-refractivity contribution in [2.24, 2.45) is 5.73 Å². The van der Waals surface area contributed by atoms with E-state index < -0.39 is 6.04 Å². The maximum absolute atomic E-state index is 12.3. The largest absolute Gasteiger partial charge is 0.352 e. The molecular weight excluding hydrogens is 262 g/mol. The van der Waals surface area contributed by atoms with E-state index in [-0.39, 0.29) is 5.91 Å². The second-order valence-corrected chi connectivity index (χ2v) is 6.36. The highest BCUT2D eigenvalue weighted by Crippen LogP contribution is 2.26. The van der Waals surface area contributed by atoms with Crippen molar-refractivity contribution in [3.63, 3.8) is 0 Å². The number of piperidine rings is 1. The van der Waals surface area contributed by atoms with Gasteiger partial charge in [0.15, 0.2) is 0 Å². The second kappa shape index (κ2) is 6.58. The van der Waals surface area contributed by atoms with Gasteiger partial charge in [-0.1, -0.05) is 30.3 Å². The van der Waals surface area contributed by atoms with Crippen LogP contribution in [-0.4, -0.2) is 42.0 Å². The Balaban J connectivity index is 1.49. The second-order valence-electron chi connectivity index (χ2n) is 6.36. The van der Waals surface area contributed by atoms with Crippen molar-refractivity contribution in [1.82, 2.24) is 10.2 Å². The number of nitrogens with two attached hydrogens (primary N) is 1. The average Bonchev–Trinajstić information content (AvgIpc) is 2.95. The number of hydrogen-bond acceptors (Lipinski definition) is 3. The number of nitrogens with one attached hydrogen (secondary N) is 1. The van der Waals surface area contributed by atoms with Crippen LogP contribution in [0.15, 0.2) is 30.3 Å². The predicted molar refractivity (Wildman–Crippen MR) is 83.9 cm³/mol. The zero-order chi connectivity index (χ0) is 14.7. The summed E-state index contributed by atoms with van der Waals surface area (Å²) in [5.74, 6) is -0.00435. The van der Waals surface area contributed by atoms with Crippen LogP contribution in [0.25, 0.3) is 0 Å². The number of carbonyl (C=O) groups excluding carboxylic acids is 1. The Morgan fingerprint density at radius 2 is 2.10 bits per heavy atom. The van der Waals surface area contributed by atoms with E-state index in [9.17, 15) is 4.79 Å². The van der Waals surface area contributed by atoms with Gasteiger partial charge in [-0.3, -0.25) is 4.79 Å². The summed E-state index contributed by atoms with van der Waals surface area (Å²) in [6, 6.07) is 10.5. The average molecular weight is 287 g/mol. The quantitative estimate of drug-likeness (QED) is 0.877. The molecule has 0 aliphatic carbocycles. The number of amides is 1. The Labute approximate surface area is 126 Å². The van der Waals surface area contributed by atoms with Crippen LogP contribution in [-0.2, 0) is 11.2 Å². The van der Waals surface area contributed by atoms with Gasteiger partial charge in [-0.05, 0) is 44.2 Å². The molecule has 3 N–H and O–H groups in total.